The maximum Gasteiger partial charge on any atom is 0.421 e. The monoisotopic (exact) mass is 367 g/mol. The van der Waals surface area contributed by atoms with Crippen LogP contribution in [0.3, 0.4) is 0 Å². The van der Waals surface area contributed by atoms with E-state index in [1.54, 1.807) is 0 Å². The van der Waals surface area contributed by atoms with Crippen molar-refractivity contribution in [3.63, 3.8) is 0 Å². The Bertz CT molecular complexity index is 482. The molecule has 0 unspecified atom stereocenters. The van der Waals surface area contributed by atoms with Crippen LogP contribution in [0, 0.1) is 0 Å². The van der Waals surface area contributed by atoms with Gasteiger partial charge in [0.05, 0.1) is 12.7 Å². The number of hydrogen-bond donors (Lipinski definition) is 1. The summed E-state index contributed by atoms with van der Waals surface area (Å²) in [5.41, 5.74) is -0.776. The number of nitrogens with zero attached hydrogens (tertiary/aromatic N) is 1. The van der Waals surface area contributed by atoms with Crippen LogP contribution in [0.1, 0.15) is 18.4 Å². The zero-order valence-electron chi connectivity index (χ0n) is 11.4. The minimum Gasteiger partial charge on any atom is -0.493 e. The van der Waals surface area contributed by atoms with Crippen molar-refractivity contribution in [2.75, 3.05) is 26.2 Å². The first-order valence-corrected chi connectivity index (χ1v) is 7.56. The molecule has 0 spiro atoms. The number of rotatable bonds is 5. The van der Waals surface area contributed by atoms with Crippen LogP contribution in [0.25, 0.3) is 0 Å². The second-order valence-electron chi connectivity index (χ2n) is 5.06. The van der Waals surface area contributed by atoms with Crippen LogP contribution in [0.2, 0.25) is 0 Å². The molecule has 0 amide bonds. The highest BCUT2D eigenvalue weighted by molar-refractivity contribution is 9.10. The van der Waals surface area contributed by atoms with Crippen molar-refractivity contribution in [3.8, 4) is 5.75 Å². The van der Waals surface area contributed by atoms with Gasteiger partial charge in [-0.3, -0.25) is 0 Å². The predicted octanol–water partition coefficient (Wildman–Crippen LogP) is 3.30. The third-order valence-corrected chi connectivity index (χ3v) is 4.04. The molecule has 7 heteroatoms. The summed E-state index contributed by atoms with van der Waals surface area (Å²) >= 11 is 2.92. The van der Waals surface area contributed by atoms with Gasteiger partial charge in [-0.15, -0.1) is 0 Å². The van der Waals surface area contributed by atoms with E-state index in [-0.39, 0.29) is 22.9 Å². The van der Waals surface area contributed by atoms with E-state index in [1.165, 1.54) is 18.2 Å². The van der Waals surface area contributed by atoms with Crippen molar-refractivity contribution in [2.45, 2.75) is 25.1 Å². The largest absolute Gasteiger partial charge is 0.493 e. The molecule has 0 bridgehead atoms. The summed E-state index contributed by atoms with van der Waals surface area (Å²) in [5, 5.41) is 9.39. The van der Waals surface area contributed by atoms with Gasteiger partial charge in [0.15, 0.2) is 0 Å². The van der Waals surface area contributed by atoms with Crippen molar-refractivity contribution in [1.29, 1.82) is 0 Å². The van der Waals surface area contributed by atoms with Gasteiger partial charge in [0, 0.05) is 24.1 Å². The second kappa shape index (κ2) is 6.98. The van der Waals surface area contributed by atoms with Crippen LogP contribution in [-0.2, 0) is 6.18 Å². The Morgan fingerprint density at radius 1 is 1.38 bits per heavy atom. The molecular weight excluding hydrogens is 351 g/mol. The van der Waals surface area contributed by atoms with Crippen molar-refractivity contribution < 1.29 is 23.0 Å². The quantitative estimate of drug-likeness (QED) is 0.810. The maximum absolute atomic E-state index is 13.0. The van der Waals surface area contributed by atoms with Crippen molar-refractivity contribution in [2.24, 2.45) is 0 Å². The summed E-state index contributed by atoms with van der Waals surface area (Å²) < 4.78 is 44.2. The zero-order chi connectivity index (χ0) is 15.5. The number of halogens is 4. The van der Waals surface area contributed by atoms with Gasteiger partial charge >= 0.3 is 6.18 Å². The molecule has 2 rings (SSSR count). The number of aliphatic hydroxyl groups excluding tert-OH is 1. The third-order valence-electron chi connectivity index (χ3n) is 3.38. The van der Waals surface area contributed by atoms with Gasteiger partial charge in [0.2, 0.25) is 0 Å². The lowest BCUT2D eigenvalue weighted by molar-refractivity contribution is -0.139. The first-order chi connectivity index (χ1) is 9.88. The minimum atomic E-state index is -4.45. The lowest BCUT2D eigenvalue weighted by Gasteiger charge is -2.17. The van der Waals surface area contributed by atoms with E-state index >= 15 is 0 Å². The lowest BCUT2D eigenvalue weighted by atomic mass is 10.2. The summed E-state index contributed by atoms with van der Waals surface area (Å²) in [7, 11) is 0. The Morgan fingerprint density at radius 2 is 2.14 bits per heavy atom. The highest BCUT2D eigenvalue weighted by atomic mass is 79.9. The first-order valence-electron chi connectivity index (χ1n) is 6.77. The van der Waals surface area contributed by atoms with Gasteiger partial charge in [0.1, 0.15) is 11.3 Å². The second-order valence-corrected chi connectivity index (χ2v) is 5.91. The molecule has 1 heterocycles. The Balaban J connectivity index is 1.87. The summed E-state index contributed by atoms with van der Waals surface area (Å²) in [6, 6.07) is 4.19. The molecule has 0 aliphatic carbocycles. The van der Waals surface area contributed by atoms with Gasteiger partial charge < -0.3 is 14.7 Å². The first kappa shape index (κ1) is 16.6. The van der Waals surface area contributed by atoms with E-state index in [0.717, 1.165) is 13.0 Å². The Labute approximate surface area is 129 Å². The molecule has 118 valence electrons. The molecule has 1 aromatic carbocycles. The topological polar surface area (TPSA) is 32.7 Å². The van der Waals surface area contributed by atoms with Crippen LogP contribution in [-0.4, -0.2) is 42.4 Å². The average molecular weight is 368 g/mol. The average Bonchev–Trinajstić information content (AvgIpc) is 2.79. The van der Waals surface area contributed by atoms with Crippen LogP contribution in [0.15, 0.2) is 22.7 Å². The zero-order valence-corrected chi connectivity index (χ0v) is 13.0. The highest BCUT2D eigenvalue weighted by Crippen LogP contribution is 2.41. The number of hydrogen-bond acceptors (Lipinski definition) is 3. The summed E-state index contributed by atoms with van der Waals surface area (Å²) in [6.45, 7) is 2.38. The molecule has 1 atom stereocenters. The number of aliphatic hydroxyl groups is 1. The van der Waals surface area contributed by atoms with E-state index in [2.05, 4.69) is 20.8 Å². The molecular formula is C14H17BrF3NO2. The Hall–Kier alpha value is -0.790. The highest BCUT2D eigenvalue weighted by Gasteiger charge is 2.36. The van der Waals surface area contributed by atoms with Crippen molar-refractivity contribution >= 4 is 15.9 Å². The van der Waals surface area contributed by atoms with Crippen molar-refractivity contribution in [1.82, 2.24) is 4.90 Å². The van der Waals surface area contributed by atoms with Gasteiger partial charge in [0.25, 0.3) is 0 Å². The van der Waals surface area contributed by atoms with Gasteiger partial charge in [-0.05, 0) is 25.0 Å². The molecule has 3 nitrogen and oxygen atoms in total. The van der Waals surface area contributed by atoms with E-state index in [0.29, 0.717) is 19.5 Å². The Kier molecular flexibility index (Phi) is 5.51. The fraction of sp³-hybridized carbons (Fsp3) is 0.571. The molecule has 1 fully saturated rings. The molecule has 1 N–H and O–H groups in total. The van der Waals surface area contributed by atoms with Crippen molar-refractivity contribution in [3.05, 3.63) is 28.2 Å². The number of alkyl halides is 3. The summed E-state index contributed by atoms with van der Waals surface area (Å²) in [4.78, 5) is 2.08. The van der Waals surface area contributed by atoms with Gasteiger partial charge in [-0.2, -0.15) is 13.2 Å². The standard InChI is InChI=1S/C14H17BrF3NO2/c15-11-3-1-4-12(13(11)14(16,17)18)21-8-2-6-19-7-5-10(20)9-19/h1,3-4,10,20H,2,5-9H2/t10-/m1/s1. The third kappa shape index (κ3) is 4.59. The number of β-amino-alcohol motifs (C(OH)–C–C–N with tert-alkyl or cyclic N) is 1. The lowest BCUT2D eigenvalue weighted by Crippen LogP contribution is -2.24. The number of benzene rings is 1. The van der Waals surface area contributed by atoms with E-state index in [4.69, 9.17) is 4.74 Å². The molecule has 1 aromatic rings. The molecule has 21 heavy (non-hydrogen) atoms. The number of likely N-dealkylation sites (tertiary alicyclic amines) is 1. The van der Waals surface area contributed by atoms with Gasteiger partial charge in [-0.25, -0.2) is 0 Å². The van der Waals surface area contributed by atoms with E-state index < -0.39 is 11.7 Å². The fourth-order valence-electron chi connectivity index (χ4n) is 2.39. The van der Waals surface area contributed by atoms with Gasteiger partial charge in [-0.1, -0.05) is 22.0 Å². The SMILES string of the molecule is O[C@@H]1CCN(CCCOc2cccc(Br)c2C(F)(F)F)C1. The molecule has 0 radical (unpaired) electrons. The minimum absolute atomic E-state index is 0.0184. The normalized spacial score (nSPS) is 20.0. The summed E-state index contributed by atoms with van der Waals surface area (Å²) in [6.07, 6.45) is -3.36. The van der Waals surface area contributed by atoms with Crippen LogP contribution >= 0.6 is 15.9 Å². The van der Waals surface area contributed by atoms with Crippen LogP contribution < -0.4 is 4.74 Å². The predicted molar refractivity (Wildman–Crippen MR) is 76.3 cm³/mol. The summed E-state index contributed by atoms with van der Waals surface area (Å²) in [5.74, 6) is -0.154. The van der Waals surface area contributed by atoms with Crippen LogP contribution in [0.4, 0.5) is 13.2 Å². The van der Waals surface area contributed by atoms with E-state index in [1.807, 2.05) is 0 Å². The smallest absolute Gasteiger partial charge is 0.421 e. The molecule has 0 aromatic heterocycles. The van der Waals surface area contributed by atoms with Crippen LogP contribution in [0.5, 0.6) is 5.75 Å². The molecule has 1 saturated heterocycles. The maximum atomic E-state index is 13.0. The fourth-order valence-corrected chi connectivity index (χ4v) is 2.96. The molecule has 1 aliphatic heterocycles. The van der Waals surface area contributed by atoms with E-state index in [9.17, 15) is 18.3 Å². The molecule has 0 saturated carbocycles. The number of ether oxygens (including phenoxy) is 1. The molecule has 1 aliphatic rings. The Morgan fingerprint density at radius 3 is 2.76 bits per heavy atom.